The second-order valence-corrected chi connectivity index (χ2v) is 10.8. The Kier molecular flexibility index (Phi) is 5.70. The highest BCUT2D eigenvalue weighted by Crippen LogP contribution is 2.41. The molecule has 2 aromatic carbocycles. The van der Waals surface area contributed by atoms with Crippen molar-refractivity contribution in [2.75, 3.05) is 18.4 Å². The summed E-state index contributed by atoms with van der Waals surface area (Å²) < 4.78 is 12.2. The molecule has 0 aliphatic carbocycles. The fraction of sp³-hybridized carbons (Fsp3) is 0.481. The molecule has 0 radical (unpaired) electrons. The predicted octanol–water partition coefficient (Wildman–Crippen LogP) is 4.67. The molecular weight excluding hydrogens is 411 g/mol. The monoisotopic (exact) mass is 446 g/mol. The van der Waals surface area contributed by atoms with Crippen LogP contribution in [0.15, 0.2) is 41.8 Å². The Morgan fingerprint density at radius 2 is 1.91 bits per heavy atom. The van der Waals surface area contributed by atoms with Crippen LogP contribution < -0.4 is 15.5 Å². The molecule has 1 saturated heterocycles. The minimum Gasteiger partial charge on any atom is -0.441 e. The lowest BCUT2D eigenvalue weighted by Crippen LogP contribution is -2.39. The van der Waals surface area contributed by atoms with E-state index in [0.29, 0.717) is 12.0 Å². The quantitative estimate of drug-likeness (QED) is 0.669. The average Bonchev–Trinajstić information content (AvgIpc) is 3.15. The number of hydrogen-bond donors (Lipinski definition) is 2. The Balaban J connectivity index is 1.43. The SMILES string of the molecule is CC1=C(N2CCC(C)(C)CC2)Oc2c(cc(C)cc2[C@@H](C)Nc2cccc3c2COB3O)C1. The van der Waals surface area contributed by atoms with Crippen molar-refractivity contribution in [3.8, 4) is 5.75 Å². The number of benzene rings is 2. The van der Waals surface area contributed by atoms with E-state index in [1.54, 1.807) is 0 Å². The van der Waals surface area contributed by atoms with Gasteiger partial charge in [0.15, 0.2) is 5.88 Å². The standard InChI is InChI=1S/C27H35BN2O3/c1-17-13-20-15-18(2)26(30-11-9-27(4,5)10-12-30)33-25(20)21(14-17)19(3)29-24-8-6-7-23-22(24)16-32-28(23)31/h6-8,13-14,19,29,31H,9-12,15-16H2,1-5H3/t19-/m1/s1. The molecule has 0 bridgehead atoms. The van der Waals surface area contributed by atoms with Crippen LogP contribution in [0, 0.1) is 12.3 Å². The molecule has 1 fully saturated rings. The minimum absolute atomic E-state index is 0.0443. The van der Waals surface area contributed by atoms with Crippen molar-refractivity contribution in [2.45, 2.75) is 66.5 Å². The van der Waals surface area contributed by atoms with Gasteiger partial charge in [0.05, 0.1) is 12.6 Å². The third-order valence-electron chi connectivity index (χ3n) is 7.46. The molecule has 0 unspecified atom stereocenters. The van der Waals surface area contributed by atoms with Crippen molar-refractivity contribution in [3.63, 3.8) is 0 Å². The highest BCUT2D eigenvalue weighted by molar-refractivity contribution is 6.61. The fourth-order valence-corrected chi connectivity index (χ4v) is 5.35. The summed E-state index contributed by atoms with van der Waals surface area (Å²) in [4.78, 5) is 2.44. The Morgan fingerprint density at radius 3 is 2.67 bits per heavy atom. The first-order chi connectivity index (χ1) is 15.7. The predicted molar refractivity (Wildman–Crippen MR) is 134 cm³/mol. The molecule has 3 heterocycles. The van der Waals surface area contributed by atoms with Crippen molar-refractivity contribution in [3.05, 3.63) is 64.0 Å². The van der Waals surface area contributed by atoms with Gasteiger partial charge in [-0.3, -0.25) is 0 Å². The van der Waals surface area contributed by atoms with E-state index >= 15 is 0 Å². The summed E-state index contributed by atoms with van der Waals surface area (Å²) >= 11 is 0. The van der Waals surface area contributed by atoms with E-state index < -0.39 is 7.12 Å². The third-order valence-corrected chi connectivity index (χ3v) is 7.46. The number of aryl methyl sites for hydroxylation is 1. The normalized spacial score (nSPS) is 20.3. The van der Waals surface area contributed by atoms with Crippen LogP contribution in [-0.2, 0) is 17.7 Å². The fourth-order valence-electron chi connectivity index (χ4n) is 5.35. The molecule has 6 heteroatoms. The zero-order chi connectivity index (χ0) is 23.3. The average molecular weight is 446 g/mol. The van der Waals surface area contributed by atoms with Crippen LogP contribution >= 0.6 is 0 Å². The van der Waals surface area contributed by atoms with E-state index in [0.717, 1.165) is 47.9 Å². The molecule has 5 nitrogen and oxygen atoms in total. The summed E-state index contributed by atoms with van der Waals surface area (Å²) in [6, 6.07) is 10.5. The lowest BCUT2D eigenvalue weighted by molar-refractivity contribution is 0.113. The van der Waals surface area contributed by atoms with Gasteiger partial charge in [-0.2, -0.15) is 0 Å². The second kappa shape index (κ2) is 8.41. The summed E-state index contributed by atoms with van der Waals surface area (Å²) in [7, 11) is -0.836. The smallest absolute Gasteiger partial charge is 0.441 e. The molecule has 0 saturated carbocycles. The lowest BCUT2D eigenvalue weighted by Gasteiger charge is -2.40. The molecule has 0 spiro atoms. The molecule has 3 aliphatic heterocycles. The molecule has 2 aromatic rings. The maximum atomic E-state index is 10.1. The van der Waals surface area contributed by atoms with Crippen LogP contribution in [0.25, 0.3) is 0 Å². The second-order valence-electron chi connectivity index (χ2n) is 10.8. The van der Waals surface area contributed by atoms with Gasteiger partial charge in [0.1, 0.15) is 5.75 Å². The summed E-state index contributed by atoms with van der Waals surface area (Å²) in [5.74, 6) is 2.04. The Labute approximate surface area is 197 Å². The number of piperidine rings is 1. The molecule has 0 aromatic heterocycles. The summed E-state index contributed by atoms with van der Waals surface area (Å²) in [6.45, 7) is 13.8. The van der Waals surface area contributed by atoms with Crippen molar-refractivity contribution in [1.29, 1.82) is 0 Å². The van der Waals surface area contributed by atoms with Crippen LogP contribution in [0.2, 0.25) is 0 Å². The maximum absolute atomic E-state index is 10.1. The highest BCUT2D eigenvalue weighted by Gasteiger charge is 2.32. The van der Waals surface area contributed by atoms with Gasteiger partial charge in [-0.05, 0) is 67.3 Å². The number of anilines is 1. The van der Waals surface area contributed by atoms with Gasteiger partial charge in [-0.1, -0.05) is 43.7 Å². The number of hydrogen-bond acceptors (Lipinski definition) is 5. The largest absolute Gasteiger partial charge is 0.491 e. The first-order valence-electron chi connectivity index (χ1n) is 12.2. The zero-order valence-electron chi connectivity index (χ0n) is 20.5. The van der Waals surface area contributed by atoms with Crippen LogP contribution in [0.3, 0.4) is 0 Å². The van der Waals surface area contributed by atoms with E-state index in [2.05, 4.69) is 63.0 Å². The number of fused-ring (bicyclic) bond motifs is 2. The van der Waals surface area contributed by atoms with Gasteiger partial charge in [-0.15, -0.1) is 0 Å². The van der Waals surface area contributed by atoms with Crippen molar-refractivity contribution in [2.24, 2.45) is 5.41 Å². The number of allylic oxidation sites excluding steroid dienone is 1. The Morgan fingerprint density at radius 1 is 1.15 bits per heavy atom. The van der Waals surface area contributed by atoms with Crippen LogP contribution in [0.1, 0.15) is 68.8 Å². The first-order valence-corrected chi connectivity index (χ1v) is 12.2. The molecular formula is C27H35BN2O3. The first kappa shape index (κ1) is 22.4. The minimum atomic E-state index is -0.836. The number of nitrogens with zero attached hydrogens (tertiary/aromatic N) is 1. The van der Waals surface area contributed by atoms with Gasteiger partial charge in [-0.25, -0.2) is 0 Å². The lowest BCUT2D eigenvalue weighted by atomic mass is 9.79. The van der Waals surface area contributed by atoms with E-state index in [4.69, 9.17) is 9.39 Å². The van der Waals surface area contributed by atoms with Crippen LogP contribution in [0.4, 0.5) is 5.69 Å². The number of likely N-dealkylation sites (tertiary alicyclic amines) is 1. The topological polar surface area (TPSA) is 54.0 Å². The summed E-state index contributed by atoms with van der Waals surface area (Å²) in [5.41, 5.74) is 8.29. The Hall–Kier alpha value is -2.44. The van der Waals surface area contributed by atoms with E-state index in [-0.39, 0.29) is 6.04 Å². The van der Waals surface area contributed by atoms with Gasteiger partial charge < -0.3 is 24.6 Å². The summed E-state index contributed by atoms with van der Waals surface area (Å²) in [6.07, 6.45) is 3.30. The van der Waals surface area contributed by atoms with Gasteiger partial charge in [0.2, 0.25) is 0 Å². The molecule has 2 N–H and O–H groups in total. The van der Waals surface area contributed by atoms with Gasteiger partial charge >= 0.3 is 7.12 Å². The van der Waals surface area contributed by atoms with E-state index in [9.17, 15) is 5.02 Å². The zero-order valence-corrected chi connectivity index (χ0v) is 20.5. The number of ether oxygens (including phenoxy) is 1. The number of nitrogens with one attached hydrogen (secondary N) is 1. The Bertz CT molecular complexity index is 1100. The van der Waals surface area contributed by atoms with Gasteiger partial charge in [0.25, 0.3) is 0 Å². The highest BCUT2D eigenvalue weighted by atomic mass is 16.5. The van der Waals surface area contributed by atoms with E-state index in [1.807, 2.05) is 12.1 Å². The molecule has 3 aliphatic rings. The van der Waals surface area contributed by atoms with E-state index in [1.165, 1.54) is 35.1 Å². The number of rotatable bonds is 4. The van der Waals surface area contributed by atoms with Gasteiger partial charge in [0, 0.05) is 30.8 Å². The molecule has 0 amide bonds. The maximum Gasteiger partial charge on any atom is 0.491 e. The van der Waals surface area contributed by atoms with Crippen LogP contribution in [0.5, 0.6) is 5.75 Å². The summed E-state index contributed by atoms with van der Waals surface area (Å²) in [5, 5.41) is 13.8. The van der Waals surface area contributed by atoms with Crippen LogP contribution in [-0.4, -0.2) is 30.1 Å². The van der Waals surface area contributed by atoms with Crippen molar-refractivity contribution in [1.82, 2.24) is 4.90 Å². The third kappa shape index (κ3) is 4.27. The molecule has 1 atom stereocenters. The molecule has 174 valence electrons. The molecule has 5 rings (SSSR count). The molecule has 33 heavy (non-hydrogen) atoms. The van der Waals surface area contributed by atoms with Crippen molar-refractivity contribution >= 4 is 18.3 Å². The van der Waals surface area contributed by atoms with Crippen molar-refractivity contribution < 1.29 is 14.4 Å².